The summed E-state index contributed by atoms with van der Waals surface area (Å²) in [4.78, 5) is 13.1. The number of rotatable bonds is 8. The highest BCUT2D eigenvalue weighted by atomic mass is 35.5. The third-order valence-electron chi connectivity index (χ3n) is 4.33. The molecule has 0 unspecified atom stereocenters. The summed E-state index contributed by atoms with van der Waals surface area (Å²) < 4.78 is 38.4. The van der Waals surface area contributed by atoms with E-state index in [1.165, 1.54) is 24.3 Å². The van der Waals surface area contributed by atoms with Gasteiger partial charge in [-0.25, -0.2) is 8.42 Å². The summed E-state index contributed by atoms with van der Waals surface area (Å²) in [6, 6.07) is 19.1. The summed E-state index contributed by atoms with van der Waals surface area (Å²) >= 11 is 5.94. The summed E-state index contributed by atoms with van der Waals surface area (Å²) in [5, 5.41) is 0.445. The molecule has 0 N–H and O–H groups in total. The highest BCUT2D eigenvalue weighted by Crippen LogP contribution is 2.27. The second kappa shape index (κ2) is 9.85. The summed E-state index contributed by atoms with van der Waals surface area (Å²) in [6.07, 6.45) is 0. The number of benzene rings is 3. The molecule has 0 aliphatic heterocycles. The van der Waals surface area contributed by atoms with Crippen molar-refractivity contribution in [1.82, 2.24) is 0 Å². The Morgan fingerprint density at radius 3 is 2.23 bits per heavy atom. The molecule has 0 saturated carbocycles. The Bertz CT molecular complexity index is 1150. The minimum absolute atomic E-state index is 0.00286. The topological polar surface area (TPSA) is 72.9 Å². The summed E-state index contributed by atoms with van der Waals surface area (Å²) in [6.45, 7) is 3.68. The largest absolute Gasteiger partial charge is 0.494 e. The molecule has 0 aromatic heterocycles. The van der Waals surface area contributed by atoms with E-state index < -0.39 is 22.5 Å². The third-order valence-corrected chi connectivity index (χ3v) is 6.32. The van der Waals surface area contributed by atoms with Crippen molar-refractivity contribution >= 4 is 33.2 Å². The van der Waals surface area contributed by atoms with Crippen LogP contribution in [0.1, 0.15) is 12.5 Å². The maximum absolute atomic E-state index is 13.4. The first-order chi connectivity index (χ1) is 14.8. The maximum atomic E-state index is 13.4. The minimum Gasteiger partial charge on any atom is -0.494 e. The summed E-state index contributed by atoms with van der Waals surface area (Å²) in [5.74, 6) is 0.187. The number of halogens is 1. The number of sulfonamides is 1. The Morgan fingerprint density at radius 1 is 0.935 bits per heavy atom. The molecular weight excluding hydrogens is 438 g/mol. The predicted molar refractivity (Wildman–Crippen MR) is 120 cm³/mol. The molecule has 0 heterocycles. The number of amides is 1. The van der Waals surface area contributed by atoms with Crippen LogP contribution in [-0.2, 0) is 14.8 Å². The van der Waals surface area contributed by atoms with E-state index in [9.17, 15) is 13.2 Å². The lowest BCUT2D eigenvalue weighted by Gasteiger charge is -2.23. The molecule has 0 bridgehead atoms. The highest BCUT2D eigenvalue weighted by Gasteiger charge is 2.31. The van der Waals surface area contributed by atoms with Gasteiger partial charge in [0, 0.05) is 5.02 Å². The molecule has 3 aromatic carbocycles. The average Bonchev–Trinajstić information content (AvgIpc) is 2.74. The zero-order chi connectivity index (χ0) is 22.4. The van der Waals surface area contributed by atoms with Gasteiger partial charge in [-0.15, -0.1) is 0 Å². The molecule has 0 fully saturated rings. The van der Waals surface area contributed by atoms with Crippen LogP contribution in [0.2, 0.25) is 5.02 Å². The van der Waals surface area contributed by atoms with Gasteiger partial charge in [0.25, 0.3) is 15.9 Å². The van der Waals surface area contributed by atoms with E-state index in [1.807, 2.05) is 13.8 Å². The summed E-state index contributed by atoms with van der Waals surface area (Å²) in [7, 11) is -4.17. The first-order valence-electron chi connectivity index (χ1n) is 9.57. The van der Waals surface area contributed by atoms with E-state index in [0.29, 0.717) is 23.1 Å². The zero-order valence-electron chi connectivity index (χ0n) is 17.1. The van der Waals surface area contributed by atoms with Gasteiger partial charge in [0.2, 0.25) is 0 Å². The standard InChI is InChI=1S/C23H22ClNO5S/c1-3-29-20-11-9-19(10-12-20)25(31(27,28)22-13-7-17(2)8-14-22)23(26)16-30-21-6-4-5-18(24)15-21/h4-15H,3,16H2,1-2H3. The number of aryl methyl sites for hydroxylation is 1. The normalized spacial score (nSPS) is 11.1. The molecule has 6 nitrogen and oxygen atoms in total. The van der Waals surface area contributed by atoms with Crippen molar-refractivity contribution in [3.8, 4) is 11.5 Å². The van der Waals surface area contributed by atoms with Gasteiger partial charge in [-0.2, -0.15) is 4.31 Å². The number of anilines is 1. The van der Waals surface area contributed by atoms with Crippen LogP contribution in [0.25, 0.3) is 0 Å². The van der Waals surface area contributed by atoms with E-state index in [0.717, 1.165) is 9.87 Å². The Kier molecular flexibility index (Phi) is 7.20. The van der Waals surface area contributed by atoms with Crippen LogP contribution in [0.5, 0.6) is 11.5 Å². The number of nitrogens with zero attached hydrogens (tertiary/aromatic N) is 1. The van der Waals surface area contributed by atoms with Gasteiger partial charge in [-0.1, -0.05) is 35.4 Å². The first kappa shape index (κ1) is 22.7. The van der Waals surface area contributed by atoms with Gasteiger partial charge in [-0.3, -0.25) is 4.79 Å². The van der Waals surface area contributed by atoms with Gasteiger partial charge in [0.15, 0.2) is 6.61 Å². The van der Waals surface area contributed by atoms with Crippen molar-refractivity contribution < 1.29 is 22.7 Å². The van der Waals surface area contributed by atoms with Crippen molar-refractivity contribution in [1.29, 1.82) is 0 Å². The Morgan fingerprint density at radius 2 is 1.61 bits per heavy atom. The van der Waals surface area contributed by atoms with Crippen molar-refractivity contribution in [2.75, 3.05) is 17.5 Å². The van der Waals surface area contributed by atoms with E-state index >= 15 is 0 Å². The average molecular weight is 460 g/mol. The zero-order valence-corrected chi connectivity index (χ0v) is 18.7. The van der Waals surface area contributed by atoms with E-state index in [1.54, 1.807) is 48.5 Å². The summed E-state index contributed by atoms with van der Waals surface area (Å²) in [5.41, 5.74) is 1.09. The van der Waals surface area contributed by atoms with Gasteiger partial charge in [0.05, 0.1) is 17.2 Å². The van der Waals surface area contributed by atoms with E-state index in [-0.39, 0.29) is 10.6 Å². The van der Waals surface area contributed by atoms with Crippen LogP contribution in [0.4, 0.5) is 5.69 Å². The molecule has 3 aromatic rings. The van der Waals surface area contributed by atoms with Gasteiger partial charge >= 0.3 is 0 Å². The first-order valence-corrected chi connectivity index (χ1v) is 11.4. The lowest BCUT2D eigenvalue weighted by atomic mass is 10.2. The molecule has 0 radical (unpaired) electrons. The Labute approximate surface area is 187 Å². The number of carbonyl (C=O) groups excluding carboxylic acids is 1. The van der Waals surface area contributed by atoms with Crippen molar-refractivity contribution in [3.05, 3.63) is 83.4 Å². The fourth-order valence-electron chi connectivity index (χ4n) is 2.84. The van der Waals surface area contributed by atoms with Crippen LogP contribution in [0.3, 0.4) is 0 Å². The van der Waals surface area contributed by atoms with Crippen LogP contribution in [0.15, 0.2) is 77.7 Å². The quantitative estimate of drug-likeness (QED) is 0.481. The highest BCUT2D eigenvalue weighted by molar-refractivity contribution is 7.93. The minimum atomic E-state index is -4.17. The predicted octanol–water partition coefficient (Wildman–Crippen LogP) is 4.85. The van der Waals surface area contributed by atoms with E-state index in [2.05, 4.69) is 0 Å². The Hall–Kier alpha value is -3.03. The molecule has 0 atom stereocenters. The second-order valence-electron chi connectivity index (χ2n) is 6.65. The molecule has 0 spiro atoms. The molecular formula is C23H22ClNO5S. The molecule has 1 amide bonds. The Balaban J connectivity index is 1.94. The van der Waals surface area contributed by atoms with Crippen molar-refractivity contribution in [3.63, 3.8) is 0 Å². The van der Waals surface area contributed by atoms with Crippen LogP contribution < -0.4 is 13.8 Å². The molecule has 8 heteroatoms. The molecule has 3 rings (SSSR count). The fourth-order valence-corrected chi connectivity index (χ4v) is 4.43. The lowest BCUT2D eigenvalue weighted by Crippen LogP contribution is -2.40. The van der Waals surface area contributed by atoms with E-state index in [4.69, 9.17) is 21.1 Å². The van der Waals surface area contributed by atoms with Crippen molar-refractivity contribution in [2.24, 2.45) is 0 Å². The van der Waals surface area contributed by atoms with Crippen LogP contribution >= 0.6 is 11.6 Å². The number of hydrogen-bond acceptors (Lipinski definition) is 5. The smallest absolute Gasteiger partial charge is 0.278 e. The molecule has 31 heavy (non-hydrogen) atoms. The van der Waals surface area contributed by atoms with Gasteiger partial charge in [-0.05, 0) is 68.4 Å². The third kappa shape index (κ3) is 5.57. The number of carbonyl (C=O) groups is 1. The number of ether oxygens (including phenoxy) is 2. The molecule has 0 aliphatic rings. The molecule has 162 valence electrons. The molecule has 0 saturated heterocycles. The maximum Gasteiger partial charge on any atom is 0.278 e. The SMILES string of the molecule is CCOc1ccc(N(C(=O)COc2cccc(Cl)c2)S(=O)(=O)c2ccc(C)cc2)cc1. The molecule has 0 aliphatic carbocycles. The monoisotopic (exact) mass is 459 g/mol. The number of hydrogen-bond donors (Lipinski definition) is 0. The van der Waals surface area contributed by atoms with Gasteiger partial charge in [0.1, 0.15) is 11.5 Å². The van der Waals surface area contributed by atoms with Crippen LogP contribution in [-0.4, -0.2) is 27.5 Å². The lowest BCUT2D eigenvalue weighted by molar-refractivity contribution is -0.119. The van der Waals surface area contributed by atoms with Gasteiger partial charge < -0.3 is 9.47 Å². The second-order valence-corrected chi connectivity index (χ2v) is 8.87. The van der Waals surface area contributed by atoms with Crippen LogP contribution in [0, 0.1) is 6.92 Å². The van der Waals surface area contributed by atoms with Crippen molar-refractivity contribution in [2.45, 2.75) is 18.7 Å². The fraction of sp³-hybridized carbons (Fsp3) is 0.174.